The maximum Gasteiger partial charge on any atom is 0.241 e. The van der Waals surface area contributed by atoms with Crippen molar-refractivity contribution in [2.45, 2.75) is 31.2 Å². The molecule has 2 heterocycles. The summed E-state index contributed by atoms with van der Waals surface area (Å²) in [6.45, 7) is 4.96. The summed E-state index contributed by atoms with van der Waals surface area (Å²) in [5, 5.41) is 7.23. The van der Waals surface area contributed by atoms with Gasteiger partial charge >= 0.3 is 0 Å². The van der Waals surface area contributed by atoms with Crippen molar-refractivity contribution in [1.29, 1.82) is 0 Å². The summed E-state index contributed by atoms with van der Waals surface area (Å²) in [4.78, 5) is 20.6. The van der Waals surface area contributed by atoms with Crippen LogP contribution in [0.2, 0.25) is 0 Å². The van der Waals surface area contributed by atoms with Gasteiger partial charge in [-0.25, -0.2) is 0 Å². The van der Waals surface area contributed by atoms with Gasteiger partial charge in [0, 0.05) is 29.3 Å². The second-order valence-electron chi connectivity index (χ2n) is 7.91. The number of nitrogens with one attached hydrogen (secondary N) is 1. The fraction of sp³-hybridized carbons (Fsp3) is 0.375. The van der Waals surface area contributed by atoms with E-state index in [-0.39, 0.29) is 11.8 Å². The van der Waals surface area contributed by atoms with Gasteiger partial charge in [0.2, 0.25) is 17.6 Å². The third-order valence-electron chi connectivity index (χ3n) is 5.39. The summed E-state index contributed by atoms with van der Waals surface area (Å²) in [5.41, 5.74) is 2.12. The molecule has 4 rings (SSSR count). The van der Waals surface area contributed by atoms with Crippen molar-refractivity contribution in [2.75, 3.05) is 25.4 Å². The first-order chi connectivity index (χ1) is 15.2. The van der Waals surface area contributed by atoms with Crippen molar-refractivity contribution in [1.82, 2.24) is 20.4 Å². The lowest BCUT2D eigenvalue weighted by atomic mass is 9.97. The first-order valence-electron chi connectivity index (χ1n) is 10.7. The van der Waals surface area contributed by atoms with Gasteiger partial charge in [0.25, 0.3) is 0 Å². The lowest BCUT2D eigenvalue weighted by Gasteiger charge is -2.30. The van der Waals surface area contributed by atoms with Crippen LogP contribution in [-0.4, -0.2) is 46.3 Å². The molecule has 0 radical (unpaired) electrons. The van der Waals surface area contributed by atoms with Gasteiger partial charge < -0.3 is 9.84 Å². The molecule has 0 saturated carbocycles. The van der Waals surface area contributed by atoms with Gasteiger partial charge in [-0.05, 0) is 44.5 Å². The smallest absolute Gasteiger partial charge is 0.241 e. The zero-order valence-electron chi connectivity index (χ0n) is 17.8. The quantitative estimate of drug-likeness (QED) is 0.422. The second-order valence-corrected chi connectivity index (χ2v) is 9.08. The molecule has 1 amide bonds. The van der Waals surface area contributed by atoms with Crippen LogP contribution in [0.4, 0.5) is 0 Å². The molecule has 31 heavy (non-hydrogen) atoms. The minimum absolute atomic E-state index is 0.00893. The van der Waals surface area contributed by atoms with Crippen LogP contribution in [0.25, 0.3) is 11.4 Å². The van der Waals surface area contributed by atoms with E-state index in [1.165, 1.54) is 4.90 Å². The zero-order chi connectivity index (χ0) is 21.5. The number of benzene rings is 2. The van der Waals surface area contributed by atoms with Crippen LogP contribution in [0.1, 0.15) is 24.3 Å². The van der Waals surface area contributed by atoms with Crippen LogP contribution < -0.4 is 5.32 Å². The van der Waals surface area contributed by atoms with Gasteiger partial charge in [0.05, 0.1) is 12.5 Å². The van der Waals surface area contributed by atoms with Crippen molar-refractivity contribution in [3.63, 3.8) is 0 Å². The molecular weight excluding hydrogens is 408 g/mol. The molecular formula is C24H28N4O2S. The standard InChI is InChI=1S/C24H28N4O2S/c1-18-7-5-8-19(15-18)23-26-22(30-27-23)17-28-13-6-9-20(16-28)24(29)25-12-14-31-21-10-3-2-4-11-21/h2-5,7-8,10-11,15,20H,6,9,12-14,16-17H2,1H3,(H,25,29). The highest BCUT2D eigenvalue weighted by Crippen LogP contribution is 2.21. The molecule has 2 aromatic carbocycles. The SMILES string of the molecule is Cc1cccc(-c2noc(CN3CCCC(C(=O)NCCSc4ccccc4)C3)n2)c1. The minimum atomic E-state index is 0.00893. The Labute approximate surface area is 187 Å². The Balaban J connectivity index is 1.24. The Kier molecular flexibility index (Phi) is 7.38. The van der Waals surface area contributed by atoms with Crippen molar-refractivity contribution in [2.24, 2.45) is 5.92 Å². The number of carbonyl (C=O) groups excluding carboxylic acids is 1. The van der Waals surface area contributed by atoms with E-state index in [9.17, 15) is 4.79 Å². The monoisotopic (exact) mass is 436 g/mol. The molecule has 1 fully saturated rings. The fourth-order valence-corrected chi connectivity index (χ4v) is 4.62. The van der Waals surface area contributed by atoms with E-state index in [1.807, 2.05) is 49.4 Å². The molecule has 1 saturated heterocycles. The highest BCUT2D eigenvalue weighted by Gasteiger charge is 2.26. The van der Waals surface area contributed by atoms with E-state index in [4.69, 9.17) is 4.52 Å². The van der Waals surface area contributed by atoms with E-state index in [0.29, 0.717) is 24.8 Å². The summed E-state index contributed by atoms with van der Waals surface area (Å²) >= 11 is 1.76. The average Bonchev–Trinajstić information content (AvgIpc) is 3.26. The highest BCUT2D eigenvalue weighted by molar-refractivity contribution is 7.99. The lowest BCUT2D eigenvalue weighted by Crippen LogP contribution is -2.43. The number of carbonyl (C=O) groups is 1. The summed E-state index contributed by atoms with van der Waals surface area (Å²) in [7, 11) is 0. The Bertz CT molecular complexity index is 992. The largest absolute Gasteiger partial charge is 0.355 e. The molecule has 1 aliphatic rings. The summed E-state index contributed by atoms with van der Waals surface area (Å²) in [6.07, 6.45) is 1.92. The van der Waals surface area contributed by atoms with Crippen molar-refractivity contribution >= 4 is 17.7 Å². The fourth-order valence-electron chi connectivity index (χ4n) is 3.83. The van der Waals surface area contributed by atoms with Crippen molar-refractivity contribution < 1.29 is 9.32 Å². The molecule has 6 nitrogen and oxygen atoms in total. The number of thioether (sulfide) groups is 1. The molecule has 1 aliphatic heterocycles. The van der Waals surface area contributed by atoms with Crippen molar-refractivity contribution in [3.05, 3.63) is 66.1 Å². The molecule has 3 aromatic rings. The Morgan fingerprint density at radius 3 is 2.94 bits per heavy atom. The van der Waals surface area contributed by atoms with Crippen LogP contribution >= 0.6 is 11.8 Å². The number of nitrogens with zero attached hydrogens (tertiary/aromatic N) is 3. The van der Waals surface area contributed by atoms with Crippen LogP contribution in [0.3, 0.4) is 0 Å². The number of piperidine rings is 1. The van der Waals surface area contributed by atoms with Crippen molar-refractivity contribution in [3.8, 4) is 11.4 Å². The molecule has 1 unspecified atom stereocenters. The Hall–Kier alpha value is -2.64. The third-order valence-corrected chi connectivity index (χ3v) is 6.41. The van der Waals surface area contributed by atoms with Gasteiger partial charge in [0.1, 0.15) is 0 Å². The van der Waals surface area contributed by atoms with E-state index in [0.717, 1.165) is 42.8 Å². The van der Waals surface area contributed by atoms with Gasteiger partial charge in [0.15, 0.2) is 0 Å². The molecule has 162 valence electrons. The summed E-state index contributed by atoms with van der Waals surface area (Å²) in [5.74, 6) is 2.23. The number of aromatic nitrogens is 2. The number of amides is 1. The minimum Gasteiger partial charge on any atom is -0.355 e. The second kappa shape index (κ2) is 10.6. The first-order valence-corrected chi connectivity index (χ1v) is 11.7. The zero-order valence-corrected chi connectivity index (χ0v) is 18.6. The van der Waals surface area contributed by atoms with Crippen LogP contribution in [0.15, 0.2) is 64.0 Å². The van der Waals surface area contributed by atoms with E-state index in [2.05, 4.69) is 32.5 Å². The Morgan fingerprint density at radius 2 is 2.10 bits per heavy atom. The maximum atomic E-state index is 12.6. The number of rotatable bonds is 8. The van der Waals surface area contributed by atoms with E-state index in [1.54, 1.807) is 11.8 Å². The molecule has 0 spiro atoms. The number of aryl methyl sites for hydroxylation is 1. The molecule has 0 aliphatic carbocycles. The van der Waals surface area contributed by atoms with E-state index >= 15 is 0 Å². The van der Waals surface area contributed by atoms with E-state index < -0.39 is 0 Å². The van der Waals surface area contributed by atoms with Crippen LogP contribution in [0.5, 0.6) is 0 Å². The third kappa shape index (κ3) is 6.18. The van der Waals surface area contributed by atoms with Gasteiger partial charge in [-0.3, -0.25) is 9.69 Å². The maximum absolute atomic E-state index is 12.6. The molecule has 1 N–H and O–H groups in total. The van der Waals surface area contributed by atoms with Crippen LogP contribution in [-0.2, 0) is 11.3 Å². The number of likely N-dealkylation sites (tertiary alicyclic amines) is 1. The molecule has 1 aromatic heterocycles. The number of hydrogen-bond donors (Lipinski definition) is 1. The Morgan fingerprint density at radius 1 is 1.23 bits per heavy atom. The first kappa shape index (κ1) is 21.6. The normalized spacial score (nSPS) is 16.9. The average molecular weight is 437 g/mol. The van der Waals surface area contributed by atoms with Crippen LogP contribution in [0, 0.1) is 12.8 Å². The predicted octanol–water partition coefficient (Wildman–Crippen LogP) is 4.17. The van der Waals surface area contributed by atoms with Gasteiger partial charge in [-0.15, -0.1) is 11.8 Å². The molecule has 7 heteroatoms. The lowest BCUT2D eigenvalue weighted by molar-refractivity contribution is -0.126. The molecule has 0 bridgehead atoms. The topological polar surface area (TPSA) is 71.3 Å². The molecule has 1 atom stereocenters. The summed E-state index contributed by atoms with van der Waals surface area (Å²) in [6, 6.07) is 18.3. The summed E-state index contributed by atoms with van der Waals surface area (Å²) < 4.78 is 5.47. The van der Waals surface area contributed by atoms with Gasteiger partial charge in [-0.2, -0.15) is 4.98 Å². The number of hydrogen-bond acceptors (Lipinski definition) is 6. The predicted molar refractivity (Wildman–Crippen MR) is 123 cm³/mol. The van der Waals surface area contributed by atoms with Gasteiger partial charge in [-0.1, -0.05) is 47.1 Å². The highest BCUT2D eigenvalue weighted by atomic mass is 32.2.